The van der Waals surface area contributed by atoms with Crippen LogP contribution in [-0.2, 0) is 0 Å². The van der Waals surface area contributed by atoms with Crippen LogP contribution in [-0.4, -0.2) is 37.0 Å². The maximum atomic E-state index is 8.58. The van der Waals surface area contributed by atoms with E-state index >= 15 is 0 Å². The highest BCUT2D eigenvalue weighted by molar-refractivity contribution is 6.26. The smallest absolute Gasteiger partial charge is 0.0726 e. The van der Waals surface area contributed by atoms with E-state index in [1.165, 1.54) is 0 Å². The molecule has 0 unspecified atom stereocenters. The fourth-order valence-corrected chi connectivity index (χ4v) is 2.90. The van der Waals surface area contributed by atoms with E-state index < -0.39 is 0 Å². The number of allylic oxidation sites excluding steroid dienone is 4. The van der Waals surface area contributed by atoms with E-state index in [1.54, 1.807) is 0 Å². The highest BCUT2D eigenvalue weighted by Gasteiger charge is 2.24. The molecule has 1 aromatic rings. The minimum absolute atomic E-state index is 0.552. The van der Waals surface area contributed by atoms with Crippen molar-refractivity contribution in [1.82, 2.24) is 4.90 Å². The van der Waals surface area contributed by atoms with E-state index in [9.17, 15) is 0 Å². The molecule has 2 aliphatic rings. The van der Waals surface area contributed by atoms with E-state index in [4.69, 9.17) is 10.4 Å². The van der Waals surface area contributed by atoms with Gasteiger partial charge in [0.2, 0.25) is 0 Å². The monoisotopic (exact) mass is 291 g/mol. The molecule has 1 heterocycles. The Balaban J connectivity index is 2.11. The van der Waals surface area contributed by atoms with Crippen LogP contribution in [0.4, 0.5) is 0 Å². The number of hydrogen-bond acceptors (Lipinski definition) is 3. The van der Waals surface area contributed by atoms with Crippen molar-refractivity contribution < 1.29 is 0 Å². The van der Waals surface area contributed by atoms with Crippen LogP contribution in [0.1, 0.15) is 18.4 Å². The van der Waals surface area contributed by atoms with Gasteiger partial charge in [0.15, 0.2) is 0 Å². The fraction of sp³-hybridized carbons (Fsp3) is 0.263. The molecule has 0 amide bonds. The summed E-state index contributed by atoms with van der Waals surface area (Å²) in [6.45, 7) is 0.552. The van der Waals surface area contributed by atoms with E-state index in [1.807, 2.05) is 43.4 Å². The highest BCUT2D eigenvalue weighted by atomic mass is 15.0. The van der Waals surface area contributed by atoms with Crippen molar-refractivity contribution in [2.75, 3.05) is 20.6 Å². The van der Waals surface area contributed by atoms with E-state index in [-0.39, 0.29) is 0 Å². The minimum atomic E-state index is 0.552. The topological polar surface area (TPSA) is 39.5 Å². The van der Waals surface area contributed by atoms with Crippen LogP contribution < -0.4 is 0 Å². The second-order valence-corrected chi connectivity index (χ2v) is 5.84. The van der Waals surface area contributed by atoms with Gasteiger partial charge in [-0.2, -0.15) is 0 Å². The number of nitrogens with one attached hydrogen (secondary N) is 1. The van der Waals surface area contributed by atoms with Gasteiger partial charge in [-0.3, -0.25) is 10.4 Å². The number of hydrogen-bond donors (Lipinski definition) is 1. The predicted octanol–water partition coefficient (Wildman–Crippen LogP) is 3.60. The quantitative estimate of drug-likeness (QED) is 0.888. The minimum Gasteiger partial charge on any atom is -0.383 e. The number of aliphatic imine (C=N–C) groups is 1. The molecule has 0 bridgehead atoms. The zero-order chi connectivity index (χ0) is 15.5. The van der Waals surface area contributed by atoms with Crippen LogP contribution in [0, 0.1) is 5.41 Å². The molecule has 0 radical (unpaired) electrons. The first-order valence-corrected chi connectivity index (χ1v) is 7.64. The molecule has 0 spiro atoms. The lowest BCUT2D eigenvalue weighted by atomic mass is 9.87. The van der Waals surface area contributed by atoms with Crippen molar-refractivity contribution >= 4 is 11.4 Å². The van der Waals surface area contributed by atoms with E-state index in [2.05, 4.69) is 24.3 Å². The first-order chi connectivity index (χ1) is 10.7. The largest absolute Gasteiger partial charge is 0.383 e. The SMILES string of the molecule is CN(C)/C=C1\CN=C(c2ccccc2)C2=CCCC=C2C1=N. The molecule has 3 rings (SSSR count). The van der Waals surface area contributed by atoms with Gasteiger partial charge in [0, 0.05) is 42.6 Å². The number of rotatable bonds is 2. The molecule has 1 aromatic carbocycles. The Morgan fingerprint density at radius 1 is 1.05 bits per heavy atom. The Kier molecular flexibility index (Phi) is 4.05. The molecule has 0 aromatic heterocycles. The van der Waals surface area contributed by atoms with Crippen molar-refractivity contribution in [3.05, 3.63) is 71.0 Å². The van der Waals surface area contributed by atoms with Gasteiger partial charge in [-0.05, 0) is 12.8 Å². The lowest BCUT2D eigenvalue weighted by Crippen LogP contribution is -2.15. The standard InChI is InChI=1S/C19H21N3/c1-22(2)13-15-12-21-19(14-8-4-3-5-9-14)17-11-7-6-10-16(17)18(15)20/h3-5,8-11,13,20H,6-7,12H2,1-2H3/b15-13+,20-18?. The first-order valence-electron chi connectivity index (χ1n) is 7.64. The lowest BCUT2D eigenvalue weighted by Gasteiger charge is -2.17. The molecule has 1 N–H and O–H groups in total. The highest BCUT2D eigenvalue weighted by Crippen LogP contribution is 2.29. The summed E-state index contributed by atoms with van der Waals surface area (Å²) in [7, 11) is 3.97. The number of benzene rings is 1. The second-order valence-electron chi connectivity index (χ2n) is 5.84. The average Bonchev–Trinajstić information content (AvgIpc) is 2.66. The zero-order valence-corrected chi connectivity index (χ0v) is 13.1. The van der Waals surface area contributed by atoms with Crippen molar-refractivity contribution in [2.24, 2.45) is 4.99 Å². The van der Waals surface area contributed by atoms with Crippen molar-refractivity contribution in [3.8, 4) is 0 Å². The third-order valence-corrected chi connectivity index (χ3v) is 3.87. The predicted molar refractivity (Wildman–Crippen MR) is 92.7 cm³/mol. The summed E-state index contributed by atoms with van der Waals surface area (Å²) in [5.41, 5.74) is 5.85. The van der Waals surface area contributed by atoms with Crippen LogP contribution in [0.15, 0.2) is 70.4 Å². The molecule has 1 aliphatic heterocycles. The van der Waals surface area contributed by atoms with Gasteiger partial charge in [0.1, 0.15) is 0 Å². The maximum absolute atomic E-state index is 8.58. The Labute approximate surface area is 131 Å². The first kappa shape index (κ1) is 14.5. The summed E-state index contributed by atoms with van der Waals surface area (Å²) in [4.78, 5) is 6.82. The van der Waals surface area contributed by atoms with Crippen LogP contribution >= 0.6 is 0 Å². The fourth-order valence-electron chi connectivity index (χ4n) is 2.90. The molecular formula is C19H21N3. The molecule has 3 heteroatoms. The molecule has 0 saturated carbocycles. The summed E-state index contributed by atoms with van der Waals surface area (Å²) in [6.07, 6.45) is 8.44. The molecular weight excluding hydrogens is 270 g/mol. The summed E-state index contributed by atoms with van der Waals surface area (Å²) >= 11 is 0. The third kappa shape index (κ3) is 2.80. The maximum Gasteiger partial charge on any atom is 0.0726 e. The Morgan fingerprint density at radius 2 is 1.73 bits per heavy atom. The van der Waals surface area contributed by atoms with Crippen LogP contribution in [0.3, 0.4) is 0 Å². The molecule has 0 fully saturated rings. The zero-order valence-electron chi connectivity index (χ0n) is 13.1. The van der Waals surface area contributed by atoms with E-state index in [0.29, 0.717) is 12.3 Å². The van der Waals surface area contributed by atoms with Crippen LogP contribution in [0.5, 0.6) is 0 Å². The van der Waals surface area contributed by atoms with Gasteiger partial charge in [0.25, 0.3) is 0 Å². The summed E-state index contributed by atoms with van der Waals surface area (Å²) in [5.74, 6) is 0. The van der Waals surface area contributed by atoms with Gasteiger partial charge >= 0.3 is 0 Å². The molecule has 0 atom stereocenters. The van der Waals surface area contributed by atoms with Gasteiger partial charge in [-0.25, -0.2) is 0 Å². The van der Waals surface area contributed by atoms with Crippen LogP contribution in [0.2, 0.25) is 0 Å². The Bertz CT molecular complexity index is 703. The van der Waals surface area contributed by atoms with Gasteiger partial charge in [-0.1, -0.05) is 42.5 Å². The third-order valence-electron chi connectivity index (χ3n) is 3.87. The second kappa shape index (κ2) is 6.14. The Hall–Kier alpha value is -2.42. The molecule has 1 aliphatic carbocycles. The van der Waals surface area contributed by atoms with Crippen molar-refractivity contribution in [1.29, 1.82) is 5.41 Å². The number of nitrogens with zero attached hydrogens (tertiary/aromatic N) is 2. The van der Waals surface area contributed by atoms with Crippen LogP contribution in [0.25, 0.3) is 0 Å². The molecule has 112 valence electrons. The summed E-state index contributed by atoms with van der Waals surface area (Å²) in [5, 5.41) is 8.58. The lowest BCUT2D eigenvalue weighted by molar-refractivity contribution is 0.560. The van der Waals surface area contributed by atoms with Crippen molar-refractivity contribution in [2.45, 2.75) is 12.8 Å². The summed E-state index contributed by atoms with van der Waals surface area (Å²) < 4.78 is 0. The normalized spacial score (nSPS) is 19.8. The van der Waals surface area contributed by atoms with E-state index in [0.717, 1.165) is 40.8 Å². The molecule has 0 saturated heterocycles. The molecule has 22 heavy (non-hydrogen) atoms. The summed E-state index contributed by atoms with van der Waals surface area (Å²) in [6, 6.07) is 10.3. The van der Waals surface area contributed by atoms with Crippen molar-refractivity contribution in [3.63, 3.8) is 0 Å². The molecule has 3 nitrogen and oxygen atoms in total. The number of fused-ring (bicyclic) bond motifs is 1. The van der Waals surface area contributed by atoms with Gasteiger partial charge in [-0.15, -0.1) is 0 Å². The van der Waals surface area contributed by atoms with Gasteiger partial charge < -0.3 is 4.90 Å². The average molecular weight is 291 g/mol. The Morgan fingerprint density at radius 3 is 2.41 bits per heavy atom. The van der Waals surface area contributed by atoms with Gasteiger partial charge in [0.05, 0.1) is 18.0 Å².